The summed E-state index contributed by atoms with van der Waals surface area (Å²) in [6.45, 7) is 0.159. The van der Waals surface area contributed by atoms with Crippen LogP contribution in [0.4, 0.5) is 36.4 Å². The van der Waals surface area contributed by atoms with Gasteiger partial charge in [0.1, 0.15) is 29.8 Å². The van der Waals surface area contributed by atoms with E-state index in [-0.39, 0.29) is 36.5 Å². The number of benzene rings is 4. The molecule has 3 heterocycles. The zero-order chi connectivity index (χ0) is 48.8. The van der Waals surface area contributed by atoms with Crippen LogP contribution in [0.15, 0.2) is 116 Å². The number of hydrogen-bond donors (Lipinski definition) is 7. The number of nitrogens with one attached hydrogen (secondary N) is 3. The van der Waals surface area contributed by atoms with Gasteiger partial charge in [0, 0.05) is 33.0 Å². The number of nitrogen functional groups attached to an aromatic ring is 2. The first-order valence-corrected chi connectivity index (χ1v) is 19.9. The molecule has 23 heteroatoms. The fourth-order valence-electron chi connectivity index (χ4n) is 5.15. The summed E-state index contributed by atoms with van der Waals surface area (Å²) in [5.41, 5.74) is 14.4. The van der Waals surface area contributed by atoms with Gasteiger partial charge in [0.25, 0.3) is 5.91 Å². The van der Waals surface area contributed by atoms with Crippen molar-refractivity contribution in [2.24, 2.45) is 11.5 Å². The minimum atomic E-state index is -5.08. The summed E-state index contributed by atoms with van der Waals surface area (Å²) in [5.74, 6) is -4.52. The van der Waals surface area contributed by atoms with Crippen molar-refractivity contribution < 1.29 is 69.5 Å². The Hall–Kier alpha value is -7.79. The van der Waals surface area contributed by atoms with Crippen LogP contribution in [-0.4, -0.2) is 70.8 Å². The molecule has 9 N–H and O–H groups in total. The quantitative estimate of drug-likeness (QED) is 0.0366. The van der Waals surface area contributed by atoms with Crippen molar-refractivity contribution >= 4 is 78.1 Å². The predicted octanol–water partition coefficient (Wildman–Crippen LogP) is 9.44. The Morgan fingerprint density at radius 2 is 1.30 bits per heavy atom. The number of amidine groups is 2. The third kappa shape index (κ3) is 15.2. The van der Waals surface area contributed by atoms with Gasteiger partial charge < -0.3 is 41.2 Å². The number of carbonyl (C=O) groups excluding carboxylic acids is 1. The molecule has 1 amide bonds. The van der Waals surface area contributed by atoms with Crippen molar-refractivity contribution in [1.82, 2.24) is 4.98 Å². The Morgan fingerprint density at radius 3 is 1.88 bits per heavy atom. The number of hydrogen-bond acceptors (Lipinski definition) is 11. The number of anilines is 1. The Balaban J connectivity index is 0.000000228. The van der Waals surface area contributed by atoms with Gasteiger partial charge in [-0.25, -0.2) is 14.0 Å². The normalized spacial score (nSPS) is 10.8. The maximum atomic E-state index is 13.7. The lowest BCUT2D eigenvalue weighted by Crippen LogP contribution is -2.21. The molecule has 14 nitrogen and oxygen atoms in total. The zero-order valence-corrected chi connectivity index (χ0v) is 35.4. The van der Waals surface area contributed by atoms with Gasteiger partial charge in [0.15, 0.2) is 18.2 Å². The number of thiophene rings is 2. The number of aliphatic carboxylic acids is 2. The van der Waals surface area contributed by atoms with Gasteiger partial charge >= 0.3 is 24.3 Å². The molecule has 0 spiro atoms. The number of carboxylic acids is 2. The number of alkyl halides is 6. The molecule has 7 rings (SSSR count). The van der Waals surface area contributed by atoms with Crippen LogP contribution in [0.25, 0.3) is 31.3 Å². The summed E-state index contributed by atoms with van der Waals surface area (Å²) >= 11 is 2.93. The number of carbonyl (C=O) groups is 3. The molecule has 0 radical (unpaired) electrons. The largest absolute Gasteiger partial charge is 0.494 e. The highest BCUT2D eigenvalue weighted by Gasteiger charge is 2.39. The molecule has 66 heavy (non-hydrogen) atoms. The summed E-state index contributed by atoms with van der Waals surface area (Å²) in [6, 6.07) is 31.3. The van der Waals surface area contributed by atoms with Crippen molar-refractivity contribution in [2.75, 3.05) is 19.0 Å². The van der Waals surface area contributed by atoms with Gasteiger partial charge in [-0.3, -0.25) is 20.6 Å². The van der Waals surface area contributed by atoms with Crippen LogP contribution in [0.5, 0.6) is 17.2 Å². The van der Waals surface area contributed by atoms with Gasteiger partial charge in [-0.05, 0) is 94.7 Å². The SMILES string of the molecule is COc1ccc(COc2ccc3cc(C(=N)N)sc3c2)cc1F.N=C(N)c1cc2cc(-c3ccccc3OCC(=O)Nc3ccncc3)ccc2s1.O=C(O)C(F)(F)F.O=C(O)C(F)(F)F. The highest BCUT2D eigenvalue weighted by Crippen LogP contribution is 2.35. The first-order chi connectivity index (χ1) is 31.0. The molecular weight excluding hydrogens is 926 g/mol. The van der Waals surface area contributed by atoms with Crippen molar-refractivity contribution in [3.63, 3.8) is 0 Å². The van der Waals surface area contributed by atoms with Gasteiger partial charge in [0.2, 0.25) is 0 Å². The molecule has 0 atom stereocenters. The van der Waals surface area contributed by atoms with E-state index in [0.29, 0.717) is 17.2 Å². The fraction of sp³-hybridized carbons (Fsp3) is 0.116. The lowest BCUT2D eigenvalue weighted by molar-refractivity contribution is -0.193. The van der Waals surface area contributed by atoms with Crippen molar-refractivity contribution in [3.05, 3.63) is 137 Å². The molecule has 3 aromatic heterocycles. The number of methoxy groups -OCH3 is 1. The summed E-state index contributed by atoms with van der Waals surface area (Å²) in [5, 5.41) is 34.2. The number of rotatable bonds is 11. The first-order valence-electron chi connectivity index (χ1n) is 18.3. The molecule has 0 unspecified atom stereocenters. The summed E-state index contributed by atoms with van der Waals surface area (Å²) in [6.07, 6.45) is -6.94. The average Bonchev–Trinajstić information content (AvgIpc) is 3.90. The van der Waals surface area contributed by atoms with E-state index in [0.717, 1.165) is 46.6 Å². The molecule has 0 aliphatic heterocycles. The van der Waals surface area contributed by atoms with Crippen LogP contribution in [0.2, 0.25) is 0 Å². The molecule has 0 fully saturated rings. The van der Waals surface area contributed by atoms with Gasteiger partial charge in [-0.15, -0.1) is 22.7 Å². The number of carboxylic acid groups (broad SMARTS) is 2. The number of nitrogens with zero attached hydrogens (tertiary/aromatic N) is 1. The molecule has 0 aliphatic rings. The van der Waals surface area contributed by atoms with E-state index in [4.69, 9.17) is 56.3 Å². The lowest BCUT2D eigenvalue weighted by Gasteiger charge is -2.12. The maximum Gasteiger partial charge on any atom is 0.490 e. The summed E-state index contributed by atoms with van der Waals surface area (Å²) < 4.78 is 95.6. The van der Waals surface area contributed by atoms with E-state index >= 15 is 0 Å². The molecule has 0 bridgehead atoms. The minimum Gasteiger partial charge on any atom is -0.494 e. The standard InChI is InChI=1S/C22H18N4O2S.C17H15FN2O2S.2C2HF3O2/c23-22(24)20-12-15-11-14(5-6-19(15)29-20)17-3-1-2-4-18(17)28-13-21(27)26-16-7-9-25-10-8-16;1-21-14-5-2-10(6-13(14)18)9-22-12-4-3-11-7-16(17(19)20)23-15(11)8-12;2*3-2(4,5)1(6)7/h1-12H,13H2,(H3,23,24)(H,25,26,27);2-8H,9H2,1H3,(H3,19,20);2*(H,6,7). The van der Waals surface area contributed by atoms with Crippen LogP contribution >= 0.6 is 22.7 Å². The third-order valence-corrected chi connectivity index (χ3v) is 10.4. The molecule has 4 aromatic carbocycles. The number of ether oxygens (including phenoxy) is 3. The minimum absolute atomic E-state index is 0.0578. The number of fused-ring (bicyclic) bond motifs is 2. The molecular formula is C43H35F7N6O8S2. The summed E-state index contributed by atoms with van der Waals surface area (Å²) in [7, 11) is 1.43. The number of amides is 1. The summed E-state index contributed by atoms with van der Waals surface area (Å²) in [4.78, 5) is 35.4. The van der Waals surface area contributed by atoms with Crippen molar-refractivity contribution in [3.8, 4) is 28.4 Å². The van der Waals surface area contributed by atoms with Crippen LogP contribution in [0.1, 0.15) is 15.3 Å². The third-order valence-electron chi connectivity index (χ3n) is 8.17. The maximum absolute atomic E-state index is 13.7. The number of nitrogens with two attached hydrogens (primary N) is 2. The van der Waals surface area contributed by atoms with E-state index in [1.807, 2.05) is 72.8 Å². The van der Waals surface area contributed by atoms with Crippen LogP contribution in [0.3, 0.4) is 0 Å². The monoisotopic (exact) mass is 960 g/mol. The number of halogens is 7. The second kappa shape index (κ2) is 22.7. The second-order valence-corrected chi connectivity index (χ2v) is 15.1. The van der Waals surface area contributed by atoms with E-state index < -0.39 is 30.1 Å². The van der Waals surface area contributed by atoms with Gasteiger partial charge in [-0.2, -0.15) is 26.3 Å². The Morgan fingerprint density at radius 1 is 0.712 bits per heavy atom. The topological polar surface area (TPSA) is 244 Å². The zero-order valence-electron chi connectivity index (χ0n) is 33.8. The highest BCUT2D eigenvalue weighted by molar-refractivity contribution is 7.21. The van der Waals surface area contributed by atoms with Crippen molar-refractivity contribution in [2.45, 2.75) is 19.0 Å². The van der Waals surface area contributed by atoms with Crippen LogP contribution < -0.4 is 31.0 Å². The smallest absolute Gasteiger partial charge is 0.490 e. The van der Waals surface area contributed by atoms with Gasteiger partial charge in [-0.1, -0.05) is 30.3 Å². The molecule has 0 saturated heterocycles. The van der Waals surface area contributed by atoms with E-state index in [2.05, 4.69) is 10.3 Å². The average molecular weight is 961 g/mol. The first kappa shape index (κ1) is 50.9. The molecule has 0 aliphatic carbocycles. The number of aromatic nitrogens is 1. The van der Waals surface area contributed by atoms with Crippen molar-refractivity contribution in [1.29, 1.82) is 10.8 Å². The molecule has 0 saturated carbocycles. The molecule has 7 aromatic rings. The van der Waals surface area contributed by atoms with Crippen LogP contribution in [0, 0.1) is 16.6 Å². The van der Waals surface area contributed by atoms with Crippen LogP contribution in [-0.2, 0) is 21.0 Å². The number of para-hydroxylation sites is 1. The Bertz CT molecular complexity index is 2810. The Labute approximate surface area is 376 Å². The second-order valence-electron chi connectivity index (χ2n) is 12.9. The highest BCUT2D eigenvalue weighted by atomic mass is 32.1. The number of pyridine rings is 1. The predicted molar refractivity (Wildman–Crippen MR) is 234 cm³/mol. The van der Waals surface area contributed by atoms with Gasteiger partial charge in [0.05, 0.1) is 16.9 Å². The van der Waals surface area contributed by atoms with E-state index in [1.54, 1.807) is 36.7 Å². The van der Waals surface area contributed by atoms with E-state index in [9.17, 15) is 35.5 Å². The Kier molecular flexibility index (Phi) is 17.5. The molecule has 346 valence electrons. The van der Waals surface area contributed by atoms with E-state index in [1.165, 1.54) is 35.8 Å². The fourth-order valence-corrected chi connectivity index (χ4v) is 7.01. The lowest BCUT2D eigenvalue weighted by atomic mass is 10.0.